The first-order chi connectivity index (χ1) is 11.5. The summed E-state index contributed by atoms with van der Waals surface area (Å²) >= 11 is 0. The zero-order chi connectivity index (χ0) is 17.3. The molecule has 122 valence electrons. The first-order valence-electron chi connectivity index (χ1n) is 7.89. The number of carbonyl (C=O) groups excluding carboxylic acids is 2. The molecule has 2 aromatic rings. The zero-order valence-electron chi connectivity index (χ0n) is 13.6. The van der Waals surface area contributed by atoms with Gasteiger partial charge in [0, 0.05) is 0 Å². The van der Waals surface area contributed by atoms with E-state index in [1.807, 2.05) is 67.6 Å². The van der Waals surface area contributed by atoms with Gasteiger partial charge in [-0.15, -0.1) is 0 Å². The number of hydrogen-bond donors (Lipinski definition) is 1. The van der Waals surface area contributed by atoms with Gasteiger partial charge in [0.25, 0.3) is 5.91 Å². The Morgan fingerprint density at radius 1 is 1.04 bits per heavy atom. The predicted molar refractivity (Wildman–Crippen MR) is 91.2 cm³/mol. The van der Waals surface area contributed by atoms with Crippen molar-refractivity contribution >= 4 is 11.7 Å². The molecule has 1 amide bonds. The number of hydrogen-bond acceptors (Lipinski definition) is 3. The van der Waals surface area contributed by atoms with Gasteiger partial charge in [-0.3, -0.25) is 9.59 Å². The van der Waals surface area contributed by atoms with Crippen LogP contribution < -0.4 is 0 Å². The molecule has 0 unspecified atom stereocenters. The molecule has 0 fully saturated rings. The fraction of sp³-hybridized carbons (Fsp3) is 0.200. The summed E-state index contributed by atoms with van der Waals surface area (Å²) in [7, 11) is 0. The van der Waals surface area contributed by atoms with Crippen LogP contribution in [-0.4, -0.2) is 21.7 Å². The molecule has 0 aliphatic carbocycles. The Labute approximate surface area is 141 Å². The van der Waals surface area contributed by atoms with Crippen molar-refractivity contribution in [2.75, 3.05) is 0 Å². The zero-order valence-corrected chi connectivity index (χ0v) is 13.6. The molecule has 2 atom stereocenters. The van der Waals surface area contributed by atoms with Crippen molar-refractivity contribution in [3.05, 3.63) is 83.1 Å². The highest BCUT2D eigenvalue weighted by molar-refractivity contribution is 6.08. The third kappa shape index (κ3) is 2.60. The maximum atomic E-state index is 12.7. The minimum atomic E-state index is -0.577. The van der Waals surface area contributed by atoms with Gasteiger partial charge in [-0.25, -0.2) is 0 Å². The van der Waals surface area contributed by atoms with Crippen molar-refractivity contribution in [3.8, 4) is 0 Å². The molecule has 1 aliphatic rings. The van der Waals surface area contributed by atoms with Gasteiger partial charge in [-0.1, -0.05) is 60.7 Å². The Morgan fingerprint density at radius 3 is 2.12 bits per heavy atom. The smallest absolute Gasteiger partial charge is 0.290 e. The van der Waals surface area contributed by atoms with E-state index < -0.39 is 17.7 Å². The molecule has 1 N–H and O–H groups in total. The summed E-state index contributed by atoms with van der Waals surface area (Å²) in [6, 6.07) is 18.1. The summed E-state index contributed by atoms with van der Waals surface area (Å²) in [5.74, 6) is -1.25. The van der Waals surface area contributed by atoms with Gasteiger partial charge in [-0.05, 0) is 25.0 Å². The van der Waals surface area contributed by atoms with E-state index in [4.69, 9.17) is 0 Å². The SMILES string of the molecule is CC(=O)C1=C(O)C(=O)N([C@@H](C)c2ccccc2)[C@@H]1c1ccccc1. The maximum absolute atomic E-state index is 12.7. The number of nitrogens with zero attached hydrogens (tertiary/aromatic N) is 1. The highest BCUT2D eigenvalue weighted by atomic mass is 16.3. The highest BCUT2D eigenvalue weighted by Crippen LogP contribution is 2.42. The summed E-state index contributed by atoms with van der Waals surface area (Å²) < 4.78 is 0. The van der Waals surface area contributed by atoms with Crippen LogP contribution in [0.1, 0.15) is 37.1 Å². The number of ketones is 1. The molecule has 3 rings (SSSR count). The summed E-state index contributed by atoms with van der Waals surface area (Å²) in [6.07, 6.45) is 0. The summed E-state index contributed by atoms with van der Waals surface area (Å²) in [6.45, 7) is 3.28. The van der Waals surface area contributed by atoms with Crippen LogP contribution in [0.3, 0.4) is 0 Å². The number of benzene rings is 2. The van der Waals surface area contributed by atoms with Crippen LogP contribution >= 0.6 is 0 Å². The second kappa shape index (κ2) is 6.32. The third-order valence-corrected chi connectivity index (χ3v) is 4.44. The highest BCUT2D eigenvalue weighted by Gasteiger charge is 2.44. The molecule has 0 radical (unpaired) electrons. The first kappa shape index (κ1) is 16.0. The molecule has 2 aromatic carbocycles. The lowest BCUT2D eigenvalue weighted by molar-refractivity contribution is -0.131. The molecule has 0 spiro atoms. The number of aliphatic hydroxyl groups is 1. The summed E-state index contributed by atoms with van der Waals surface area (Å²) in [4.78, 5) is 26.4. The van der Waals surface area contributed by atoms with Crippen molar-refractivity contribution in [1.29, 1.82) is 0 Å². The van der Waals surface area contributed by atoms with Crippen molar-refractivity contribution in [2.24, 2.45) is 0 Å². The third-order valence-electron chi connectivity index (χ3n) is 4.44. The first-order valence-corrected chi connectivity index (χ1v) is 7.89. The molecule has 0 saturated carbocycles. The van der Waals surface area contributed by atoms with Crippen molar-refractivity contribution < 1.29 is 14.7 Å². The summed E-state index contributed by atoms with van der Waals surface area (Å²) in [5.41, 5.74) is 1.92. The molecular weight excluding hydrogens is 302 g/mol. The van der Waals surface area contributed by atoms with E-state index >= 15 is 0 Å². The number of Topliss-reactive ketones (excluding diaryl/α,β-unsaturated/α-hetero) is 1. The Morgan fingerprint density at radius 2 is 1.58 bits per heavy atom. The lowest BCUT2D eigenvalue weighted by Crippen LogP contribution is -2.33. The minimum Gasteiger partial charge on any atom is -0.503 e. The number of amides is 1. The Hall–Kier alpha value is -2.88. The molecule has 4 heteroatoms. The predicted octanol–water partition coefficient (Wildman–Crippen LogP) is 3.73. The summed E-state index contributed by atoms with van der Waals surface area (Å²) in [5, 5.41) is 10.3. The molecule has 24 heavy (non-hydrogen) atoms. The van der Waals surface area contributed by atoms with Crippen LogP contribution in [0.25, 0.3) is 0 Å². The van der Waals surface area contributed by atoms with Gasteiger partial charge < -0.3 is 10.0 Å². The van der Waals surface area contributed by atoms with Gasteiger partial charge in [0.1, 0.15) is 0 Å². The van der Waals surface area contributed by atoms with Crippen LogP contribution in [0, 0.1) is 0 Å². The Balaban J connectivity index is 2.11. The van der Waals surface area contributed by atoms with E-state index in [2.05, 4.69) is 0 Å². The van der Waals surface area contributed by atoms with Crippen molar-refractivity contribution in [1.82, 2.24) is 4.90 Å². The number of carbonyl (C=O) groups is 2. The minimum absolute atomic E-state index is 0.161. The van der Waals surface area contributed by atoms with Gasteiger partial charge in [0.05, 0.1) is 17.7 Å². The van der Waals surface area contributed by atoms with Crippen molar-refractivity contribution in [3.63, 3.8) is 0 Å². The van der Waals surface area contributed by atoms with Crippen LogP contribution in [0.5, 0.6) is 0 Å². The molecule has 0 aromatic heterocycles. The molecule has 1 aliphatic heterocycles. The monoisotopic (exact) mass is 321 g/mol. The van der Waals surface area contributed by atoms with E-state index in [0.717, 1.165) is 11.1 Å². The second-order valence-electron chi connectivity index (χ2n) is 5.93. The van der Waals surface area contributed by atoms with E-state index in [0.29, 0.717) is 0 Å². The van der Waals surface area contributed by atoms with Crippen molar-refractivity contribution in [2.45, 2.75) is 25.9 Å². The van der Waals surface area contributed by atoms with Crippen LogP contribution in [0.15, 0.2) is 72.0 Å². The largest absolute Gasteiger partial charge is 0.503 e. The van der Waals surface area contributed by atoms with Gasteiger partial charge >= 0.3 is 0 Å². The van der Waals surface area contributed by atoms with Crippen LogP contribution in [-0.2, 0) is 9.59 Å². The fourth-order valence-electron chi connectivity index (χ4n) is 3.24. The van der Waals surface area contributed by atoms with Crippen LogP contribution in [0.2, 0.25) is 0 Å². The number of rotatable bonds is 4. The van der Waals surface area contributed by atoms with Gasteiger partial charge in [0.2, 0.25) is 0 Å². The van der Waals surface area contributed by atoms with E-state index in [1.54, 1.807) is 4.90 Å². The molecule has 0 saturated heterocycles. The average molecular weight is 321 g/mol. The Bertz CT molecular complexity index is 796. The lowest BCUT2D eigenvalue weighted by Gasteiger charge is -2.32. The molecular formula is C20H19NO3. The molecule has 0 bridgehead atoms. The molecule has 4 nitrogen and oxygen atoms in total. The quantitative estimate of drug-likeness (QED) is 0.933. The maximum Gasteiger partial charge on any atom is 0.290 e. The Kier molecular flexibility index (Phi) is 4.21. The fourth-order valence-corrected chi connectivity index (χ4v) is 3.24. The normalized spacial score (nSPS) is 18.8. The average Bonchev–Trinajstić information content (AvgIpc) is 2.87. The second-order valence-corrected chi connectivity index (χ2v) is 5.93. The number of aliphatic hydroxyl groups excluding tert-OH is 1. The molecule has 1 heterocycles. The van der Waals surface area contributed by atoms with Crippen LogP contribution in [0.4, 0.5) is 0 Å². The lowest BCUT2D eigenvalue weighted by atomic mass is 9.95. The topological polar surface area (TPSA) is 57.6 Å². The van der Waals surface area contributed by atoms with Gasteiger partial charge in [-0.2, -0.15) is 0 Å². The van der Waals surface area contributed by atoms with Gasteiger partial charge in [0.15, 0.2) is 11.5 Å². The van der Waals surface area contributed by atoms with E-state index in [9.17, 15) is 14.7 Å². The standard InChI is InChI=1S/C20H19NO3/c1-13(15-9-5-3-6-10-15)21-18(16-11-7-4-8-12-16)17(14(2)22)19(23)20(21)24/h3-13,18,23H,1-2H3/t13-,18+/m0/s1. The van der Waals surface area contributed by atoms with E-state index in [-0.39, 0.29) is 17.4 Å². The van der Waals surface area contributed by atoms with E-state index in [1.165, 1.54) is 6.92 Å².